The minimum absolute atomic E-state index is 0.0840. The normalized spacial score (nSPS) is 17.5. The Kier molecular flexibility index (Phi) is 7.74. The molecule has 1 atom stereocenters. The number of amides is 1. The van der Waals surface area contributed by atoms with Gasteiger partial charge in [-0.15, -0.1) is 0 Å². The van der Waals surface area contributed by atoms with Gasteiger partial charge in [0, 0.05) is 12.7 Å². The van der Waals surface area contributed by atoms with Crippen molar-refractivity contribution < 1.29 is 19.4 Å². The van der Waals surface area contributed by atoms with Gasteiger partial charge in [-0.2, -0.15) is 0 Å². The van der Waals surface area contributed by atoms with Crippen molar-refractivity contribution in [3.63, 3.8) is 0 Å². The number of carbonyl (C=O) groups is 2. The van der Waals surface area contributed by atoms with Crippen molar-refractivity contribution in [2.45, 2.75) is 40.2 Å². The molecule has 8 heteroatoms. The molecule has 36 heavy (non-hydrogen) atoms. The largest absolute Gasteiger partial charge is 0.505 e. The number of nitrogens with zero attached hydrogens (tertiary/aromatic N) is 4. The number of Topliss-reactive ketones (excluding diaryl/α,β-unsaturated/α-hetero) is 1. The van der Waals surface area contributed by atoms with E-state index in [4.69, 9.17) is 4.74 Å². The Balaban J connectivity index is 1.80. The molecule has 0 aliphatic carbocycles. The highest BCUT2D eigenvalue weighted by Crippen LogP contribution is 2.40. The van der Waals surface area contributed by atoms with Crippen LogP contribution in [-0.4, -0.2) is 68.8 Å². The van der Waals surface area contributed by atoms with Crippen LogP contribution in [0.15, 0.2) is 54.2 Å². The minimum Gasteiger partial charge on any atom is -0.505 e. The molecule has 1 N–H and O–H groups in total. The molecule has 0 unspecified atom stereocenters. The zero-order valence-electron chi connectivity index (χ0n) is 21.4. The number of aromatic nitrogens is 2. The summed E-state index contributed by atoms with van der Waals surface area (Å²) in [5.41, 5.74) is 2.48. The third-order valence-electron chi connectivity index (χ3n) is 6.74. The highest BCUT2D eigenvalue weighted by Gasteiger charge is 2.46. The number of hydrogen-bond acceptors (Lipinski definition) is 6. The summed E-state index contributed by atoms with van der Waals surface area (Å²) in [7, 11) is 0. The standard InChI is InChI=1S/C28H34N4O4/c1-5-30(6-2)16-10-18-32-25(20-12-14-21(15-13-20)36-7-3)23(27(34)28(32)35)26(33)24-19(4)29-22-11-8-9-17-31(22)24/h8-9,11-15,17,25,33H,5-7,10,16,18H2,1-4H3/t25-/m1/s1. The van der Waals surface area contributed by atoms with Crippen molar-refractivity contribution >= 4 is 23.1 Å². The van der Waals surface area contributed by atoms with Crippen molar-refractivity contribution in [2.75, 3.05) is 32.8 Å². The summed E-state index contributed by atoms with van der Waals surface area (Å²) in [6.07, 6.45) is 2.51. The maximum absolute atomic E-state index is 13.4. The number of aliphatic hydroxyl groups excluding tert-OH is 1. The van der Waals surface area contributed by atoms with E-state index in [-0.39, 0.29) is 11.3 Å². The van der Waals surface area contributed by atoms with E-state index in [1.54, 1.807) is 22.4 Å². The van der Waals surface area contributed by atoms with Crippen LogP contribution in [0.4, 0.5) is 0 Å². The lowest BCUT2D eigenvalue weighted by atomic mass is 9.96. The van der Waals surface area contributed by atoms with E-state index in [2.05, 4.69) is 23.7 Å². The number of ketones is 1. The predicted octanol–water partition coefficient (Wildman–Crippen LogP) is 4.20. The second-order valence-electron chi connectivity index (χ2n) is 8.85. The van der Waals surface area contributed by atoms with Crippen LogP contribution in [0.25, 0.3) is 11.4 Å². The summed E-state index contributed by atoms with van der Waals surface area (Å²) >= 11 is 0. The molecule has 2 aromatic heterocycles. The van der Waals surface area contributed by atoms with Gasteiger partial charge in [-0.25, -0.2) is 4.98 Å². The number of likely N-dealkylation sites (tertiary alicyclic amines) is 1. The molecule has 1 saturated heterocycles. The van der Waals surface area contributed by atoms with E-state index < -0.39 is 17.7 Å². The number of imidazole rings is 1. The van der Waals surface area contributed by atoms with E-state index in [1.165, 1.54) is 0 Å². The molecule has 0 spiro atoms. The van der Waals surface area contributed by atoms with Gasteiger partial charge in [-0.1, -0.05) is 32.0 Å². The van der Waals surface area contributed by atoms with Gasteiger partial charge >= 0.3 is 0 Å². The van der Waals surface area contributed by atoms with Crippen LogP contribution >= 0.6 is 0 Å². The van der Waals surface area contributed by atoms with Gasteiger partial charge in [-0.3, -0.25) is 14.0 Å². The van der Waals surface area contributed by atoms with Crippen LogP contribution in [0.1, 0.15) is 50.2 Å². The van der Waals surface area contributed by atoms with Gasteiger partial charge in [0.25, 0.3) is 11.7 Å². The first-order chi connectivity index (χ1) is 17.4. The fraction of sp³-hybridized carbons (Fsp3) is 0.393. The maximum atomic E-state index is 13.4. The van der Waals surface area contributed by atoms with E-state index in [9.17, 15) is 14.7 Å². The number of aryl methyl sites for hydroxylation is 1. The smallest absolute Gasteiger partial charge is 0.295 e. The summed E-state index contributed by atoms with van der Waals surface area (Å²) in [5, 5.41) is 11.5. The summed E-state index contributed by atoms with van der Waals surface area (Å²) in [4.78, 5) is 35.1. The quantitative estimate of drug-likeness (QED) is 0.260. The van der Waals surface area contributed by atoms with Crippen LogP contribution in [0.2, 0.25) is 0 Å². The predicted molar refractivity (Wildman–Crippen MR) is 139 cm³/mol. The molecular weight excluding hydrogens is 456 g/mol. The van der Waals surface area contributed by atoms with Crippen LogP contribution in [0.5, 0.6) is 5.75 Å². The van der Waals surface area contributed by atoms with E-state index >= 15 is 0 Å². The highest BCUT2D eigenvalue weighted by atomic mass is 16.5. The van der Waals surface area contributed by atoms with Gasteiger partial charge in [0.15, 0.2) is 5.76 Å². The van der Waals surface area contributed by atoms with Crippen molar-refractivity contribution in [1.29, 1.82) is 0 Å². The summed E-state index contributed by atoms with van der Waals surface area (Å²) in [6.45, 7) is 11.5. The Labute approximate surface area is 211 Å². The van der Waals surface area contributed by atoms with Crippen molar-refractivity contribution in [3.8, 4) is 5.75 Å². The number of hydrogen-bond donors (Lipinski definition) is 1. The number of aliphatic hydroxyl groups is 1. The first-order valence-electron chi connectivity index (χ1n) is 12.6. The van der Waals surface area contributed by atoms with Crippen molar-refractivity contribution in [3.05, 3.63) is 71.2 Å². The fourth-order valence-corrected chi connectivity index (χ4v) is 4.90. The average Bonchev–Trinajstić information content (AvgIpc) is 3.35. The van der Waals surface area contributed by atoms with Crippen LogP contribution in [-0.2, 0) is 9.59 Å². The molecule has 0 saturated carbocycles. The molecule has 0 radical (unpaired) electrons. The first kappa shape index (κ1) is 25.4. The number of carbonyl (C=O) groups excluding carboxylic acids is 2. The minimum atomic E-state index is -0.703. The second-order valence-corrected chi connectivity index (χ2v) is 8.85. The fourth-order valence-electron chi connectivity index (χ4n) is 4.90. The SMILES string of the molecule is CCOc1ccc([C@@H]2C(=C(O)c3c(C)nc4ccccn34)C(=O)C(=O)N2CCCN(CC)CC)cc1. The molecule has 4 rings (SSSR count). The topological polar surface area (TPSA) is 87.4 Å². The molecule has 0 bridgehead atoms. The Morgan fingerprint density at radius 3 is 2.47 bits per heavy atom. The lowest BCUT2D eigenvalue weighted by Crippen LogP contribution is -2.33. The van der Waals surface area contributed by atoms with Gasteiger partial charge in [0.05, 0.1) is 23.9 Å². The molecule has 1 aliphatic rings. The average molecular weight is 491 g/mol. The Hall–Kier alpha value is -3.65. The Morgan fingerprint density at radius 2 is 1.81 bits per heavy atom. The van der Waals surface area contributed by atoms with Gasteiger partial charge in [0.2, 0.25) is 0 Å². The number of pyridine rings is 1. The third-order valence-corrected chi connectivity index (χ3v) is 6.74. The number of ether oxygens (including phenoxy) is 1. The molecular formula is C28H34N4O4. The van der Waals surface area contributed by atoms with Crippen LogP contribution < -0.4 is 4.74 Å². The first-order valence-corrected chi connectivity index (χ1v) is 12.6. The highest BCUT2D eigenvalue weighted by molar-refractivity contribution is 6.46. The monoisotopic (exact) mass is 490 g/mol. The van der Waals surface area contributed by atoms with Gasteiger partial charge < -0.3 is 19.6 Å². The lowest BCUT2D eigenvalue weighted by Gasteiger charge is -2.27. The molecule has 8 nitrogen and oxygen atoms in total. The summed E-state index contributed by atoms with van der Waals surface area (Å²) in [5.74, 6) is -0.784. The van der Waals surface area contributed by atoms with Crippen molar-refractivity contribution in [1.82, 2.24) is 19.2 Å². The zero-order chi connectivity index (χ0) is 25.8. The second kappa shape index (κ2) is 11.0. The Morgan fingerprint density at radius 1 is 1.08 bits per heavy atom. The zero-order valence-corrected chi connectivity index (χ0v) is 21.4. The van der Waals surface area contributed by atoms with Gasteiger partial charge in [0.1, 0.15) is 17.1 Å². The van der Waals surface area contributed by atoms with E-state index in [0.29, 0.717) is 35.9 Å². The molecule has 1 aliphatic heterocycles. The molecule has 1 fully saturated rings. The third kappa shape index (κ3) is 4.73. The maximum Gasteiger partial charge on any atom is 0.295 e. The van der Waals surface area contributed by atoms with E-state index in [1.807, 2.05) is 49.4 Å². The summed E-state index contributed by atoms with van der Waals surface area (Å²) < 4.78 is 7.32. The van der Waals surface area contributed by atoms with Crippen molar-refractivity contribution in [2.24, 2.45) is 0 Å². The molecule has 3 aromatic rings. The summed E-state index contributed by atoms with van der Waals surface area (Å²) in [6, 6.07) is 12.2. The lowest BCUT2D eigenvalue weighted by molar-refractivity contribution is -0.140. The van der Waals surface area contributed by atoms with E-state index in [0.717, 1.165) is 31.6 Å². The number of fused-ring (bicyclic) bond motifs is 1. The molecule has 190 valence electrons. The van der Waals surface area contributed by atoms with Gasteiger partial charge in [-0.05, 0) is 69.7 Å². The molecule has 3 heterocycles. The Bertz CT molecular complexity index is 1270. The number of benzene rings is 1. The molecule has 1 amide bonds. The van der Waals surface area contributed by atoms with Crippen LogP contribution in [0, 0.1) is 6.92 Å². The van der Waals surface area contributed by atoms with Crippen LogP contribution in [0.3, 0.4) is 0 Å². The number of rotatable bonds is 10. The molecule has 1 aromatic carbocycles.